The Bertz CT molecular complexity index is 606. The number of hydrogen-bond donors (Lipinski definition) is 2. The van der Waals surface area contributed by atoms with Crippen molar-refractivity contribution >= 4 is 5.97 Å². The molecule has 0 aliphatic carbocycles. The highest BCUT2D eigenvalue weighted by atomic mass is 19.1. The molecular formula is C11H9FN4O3. The number of halogens is 1. The van der Waals surface area contributed by atoms with Gasteiger partial charge in [-0.25, -0.2) is 9.18 Å². The minimum absolute atomic E-state index is 0.0252. The zero-order valence-corrected chi connectivity index (χ0v) is 9.62. The largest absolute Gasteiger partial charge is 0.478 e. The molecular weight excluding hydrogens is 255 g/mol. The monoisotopic (exact) mass is 264 g/mol. The molecule has 2 N–H and O–H groups in total. The van der Waals surface area contributed by atoms with Crippen LogP contribution in [0.3, 0.4) is 0 Å². The zero-order valence-electron chi connectivity index (χ0n) is 9.62. The Hall–Kier alpha value is -2.48. The van der Waals surface area contributed by atoms with Crippen molar-refractivity contribution in [1.29, 1.82) is 0 Å². The van der Waals surface area contributed by atoms with Crippen LogP contribution >= 0.6 is 0 Å². The predicted molar refractivity (Wildman–Crippen MR) is 60.8 cm³/mol. The van der Waals surface area contributed by atoms with Gasteiger partial charge in [-0.15, -0.1) is 20.4 Å². The molecule has 0 fully saturated rings. The van der Waals surface area contributed by atoms with E-state index in [2.05, 4.69) is 20.4 Å². The van der Waals surface area contributed by atoms with Crippen molar-refractivity contribution in [2.45, 2.75) is 6.42 Å². The highest BCUT2D eigenvalue weighted by molar-refractivity contribution is 5.89. The maximum atomic E-state index is 14.1. The fourth-order valence-electron chi connectivity index (χ4n) is 1.66. The second kappa shape index (κ2) is 5.44. The number of carboxylic acid groups (broad SMARTS) is 1. The fourth-order valence-corrected chi connectivity index (χ4v) is 1.66. The van der Waals surface area contributed by atoms with E-state index in [0.717, 1.165) is 12.4 Å². The van der Waals surface area contributed by atoms with Crippen molar-refractivity contribution in [1.82, 2.24) is 20.4 Å². The third kappa shape index (κ3) is 2.52. The van der Waals surface area contributed by atoms with Crippen LogP contribution in [0.15, 0.2) is 18.5 Å². The lowest BCUT2D eigenvalue weighted by Gasteiger charge is -2.09. The maximum absolute atomic E-state index is 14.1. The first-order chi connectivity index (χ1) is 9.15. The van der Waals surface area contributed by atoms with E-state index < -0.39 is 17.3 Å². The Kier molecular flexibility index (Phi) is 3.71. The third-order valence-electron chi connectivity index (χ3n) is 2.48. The summed E-state index contributed by atoms with van der Waals surface area (Å²) in [7, 11) is 0. The Morgan fingerprint density at radius 2 is 1.95 bits per heavy atom. The van der Waals surface area contributed by atoms with Gasteiger partial charge in [-0.1, -0.05) is 0 Å². The third-order valence-corrected chi connectivity index (χ3v) is 2.48. The van der Waals surface area contributed by atoms with Crippen LogP contribution < -0.4 is 0 Å². The molecule has 2 aromatic rings. The fraction of sp³-hybridized carbons (Fsp3) is 0.182. The second-order valence-corrected chi connectivity index (χ2v) is 3.60. The van der Waals surface area contributed by atoms with E-state index in [9.17, 15) is 9.18 Å². The topological polar surface area (TPSA) is 109 Å². The molecule has 2 rings (SSSR count). The average molecular weight is 264 g/mol. The van der Waals surface area contributed by atoms with Crippen LogP contribution in [0.5, 0.6) is 0 Å². The number of aliphatic hydroxyl groups excluding tert-OH is 1. The van der Waals surface area contributed by atoms with E-state index in [1.165, 1.54) is 6.07 Å². The van der Waals surface area contributed by atoms with E-state index in [-0.39, 0.29) is 30.0 Å². The summed E-state index contributed by atoms with van der Waals surface area (Å²) in [6.45, 7) is -0.333. The first kappa shape index (κ1) is 13.0. The van der Waals surface area contributed by atoms with Crippen LogP contribution in [0.4, 0.5) is 4.39 Å². The van der Waals surface area contributed by atoms with E-state index in [1.807, 2.05) is 0 Å². The van der Waals surface area contributed by atoms with E-state index in [0.29, 0.717) is 0 Å². The molecule has 0 radical (unpaired) electrons. The van der Waals surface area contributed by atoms with E-state index in [4.69, 9.17) is 10.2 Å². The van der Waals surface area contributed by atoms with Gasteiger partial charge in [0.2, 0.25) is 5.82 Å². The van der Waals surface area contributed by atoms with Gasteiger partial charge in [-0.3, -0.25) is 0 Å². The molecule has 98 valence electrons. The van der Waals surface area contributed by atoms with Crippen LogP contribution in [-0.4, -0.2) is 43.2 Å². The summed E-state index contributed by atoms with van der Waals surface area (Å²) in [5.41, 5.74) is -0.182. The summed E-state index contributed by atoms with van der Waals surface area (Å²) in [5, 5.41) is 32.2. The molecule has 0 spiro atoms. The Morgan fingerprint density at radius 1 is 1.26 bits per heavy atom. The Labute approximate surface area is 106 Å². The highest BCUT2D eigenvalue weighted by Gasteiger charge is 2.19. The summed E-state index contributed by atoms with van der Waals surface area (Å²) in [4.78, 5) is 10.9. The Morgan fingerprint density at radius 3 is 2.53 bits per heavy atom. The van der Waals surface area contributed by atoms with Gasteiger partial charge in [0.25, 0.3) is 0 Å². The molecule has 0 saturated heterocycles. The highest BCUT2D eigenvalue weighted by Crippen LogP contribution is 2.25. The van der Waals surface area contributed by atoms with Gasteiger partial charge in [0.1, 0.15) is 5.82 Å². The van der Waals surface area contributed by atoms with E-state index >= 15 is 0 Å². The molecule has 8 heteroatoms. The van der Waals surface area contributed by atoms with Crippen molar-refractivity contribution in [2.24, 2.45) is 0 Å². The molecule has 0 amide bonds. The summed E-state index contributed by atoms with van der Waals surface area (Å²) >= 11 is 0. The molecule has 19 heavy (non-hydrogen) atoms. The molecule has 0 saturated carbocycles. The molecule has 7 nitrogen and oxygen atoms in total. The van der Waals surface area contributed by atoms with Crippen molar-refractivity contribution in [3.05, 3.63) is 35.4 Å². The first-order valence-corrected chi connectivity index (χ1v) is 5.31. The number of benzene rings is 1. The van der Waals surface area contributed by atoms with Gasteiger partial charge in [-0.05, 0) is 18.6 Å². The van der Waals surface area contributed by atoms with Crippen LogP contribution in [-0.2, 0) is 6.42 Å². The van der Waals surface area contributed by atoms with Crippen molar-refractivity contribution in [3.63, 3.8) is 0 Å². The lowest BCUT2D eigenvalue weighted by molar-refractivity contribution is 0.0691. The number of hydrogen-bond acceptors (Lipinski definition) is 6. The number of aromatic nitrogens is 4. The van der Waals surface area contributed by atoms with Crippen LogP contribution in [0, 0.1) is 5.82 Å². The van der Waals surface area contributed by atoms with Crippen LogP contribution in [0.1, 0.15) is 15.9 Å². The number of carbonyl (C=O) groups is 1. The number of carboxylic acids is 1. The summed E-state index contributed by atoms with van der Waals surface area (Å²) in [6, 6.07) is 2.49. The molecule has 0 aliphatic rings. The minimum atomic E-state index is -1.38. The lowest BCUT2D eigenvalue weighted by atomic mass is 10.00. The summed E-state index contributed by atoms with van der Waals surface area (Å²) in [5.74, 6) is -2.22. The number of aromatic carboxylic acids is 1. The van der Waals surface area contributed by atoms with Gasteiger partial charge in [0, 0.05) is 17.7 Å². The number of rotatable bonds is 4. The van der Waals surface area contributed by atoms with Crippen LogP contribution in [0.25, 0.3) is 11.4 Å². The molecule has 0 atom stereocenters. The predicted octanol–water partition coefficient (Wildman–Crippen LogP) is 0.306. The normalized spacial score (nSPS) is 10.4. The van der Waals surface area contributed by atoms with Gasteiger partial charge in [0.15, 0.2) is 6.33 Å². The summed E-state index contributed by atoms with van der Waals surface area (Å²) in [6.07, 6.45) is 1.07. The molecule has 0 bridgehead atoms. The smallest absolute Gasteiger partial charge is 0.338 e. The van der Waals surface area contributed by atoms with Crippen LogP contribution in [0.2, 0.25) is 0 Å². The molecule has 0 unspecified atom stereocenters. The molecule has 1 heterocycles. The molecule has 1 aromatic heterocycles. The number of aliphatic hydroxyl groups is 1. The molecule has 0 aliphatic heterocycles. The van der Waals surface area contributed by atoms with Gasteiger partial charge in [-0.2, -0.15) is 0 Å². The van der Waals surface area contributed by atoms with E-state index in [1.54, 1.807) is 0 Å². The minimum Gasteiger partial charge on any atom is -0.478 e. The SMILES string of the molecule is O=C(O)c1ccc(-c2nncnn2)c(CCO)c1F. The quantitative estimate of drug-likeness (QED) is 0.817. The molecule has 1 aromatic carbocycles. The standard InChI is InChI=1S/C11H9FN4O3/c12-9-6(3-4-17)7(1-2-8(9)11(18)19)10-15-13-5-14-16-10/h1-2,5,17H,3-4H2,(H,18,19). The maximum Gasteiger partial charge on any atom is 0.338 e. The average Bonchev–Trinajstić information content (AvgIpc) is 2.41. The number of nitrogens with zero attached hydrogens (tertiary/aromatic N) is 4. The summed E-state index contributed by atoms with van der Waals surface area (Å²) < 4.78 is 14.1. The van der Waals surface area contributed by atoms with Crippen molar-refractivity contribution in [3.8, 4) is 11.4 Å². The first-order valence-electron chi connectivity index (χ1n) is 5.31. The van der Waals surface area contributed by atoms with Gasteiger partial charge in [0.05, 0.1) is 5.56 Å². The van der Waals surface area contributed by atoms with Crippen molar-refractivity contribution < 1.29 is 19.4 Å². The van der Waals surface area contributed by atoms with Gasteiger partial charge >= 0.3 is 5.97 Å². The Balaban J connectivity index is 2.62. The van der Waals surface area contributed by atoms with Crippen molar-refractivity contribution in [2.75, 3.05) is 6.61 Å². The second-order valence-electron chi connectivity index (χ2n) is 3.60. The van der Waals surface area contributed by atoms with Gasteiger partial charge < -0.3 is 10.2 Å². The zero-order chi connectivity index (χ0) is 13.8. The lowest BCUT2D eigenvalue weighted by Crippen LogP contribution is -2.08.